The van der Waals surface area contributed by atoms with E-state index in [9.17, 15) is 4.79 Å². The van der Waals surface area contributed by atoms with Gasteiger partial charge in [0.2, 0.25) is 0 Å². The maximum absolute atomic E-state index is 11.4. The van der Waals surface area contributed by atoms with Crippen LogP contribution in [0.5, 0.6) is 0 Å². The molecule has 24 heavy (non-hydrogen) atoms. The summed E-state index contributed by atoms with van der Waals surface area (Å²) in [6.45, 7) is 2.94. The molecule has 0 amide bonds. The maximum Gasteiger partial charge on any atom is 0.323 e. The lowest BCUT2D eigenvalue weighted by Gasteiger charge is -2.34. The fourth-order valence-corrected chi connectivity index (χ4v) is 4.59. The predicted molar refractivity (Wildman–Crippen MR) is 93.3 cm³/mol. The van der Waals surface area contributed by atoms with Gasteiger partial charge in [0.15, 0.2) is 0 Å². The normalized spacial score (nSPS) is 24.5. The topological polar surface area (TPSA) is 74.0 Å². The predicted octanol–water partition coefficient (Wildman–Crippen LogP) is 2.52. The van der Waals surface area contributed by atoms with Crippen molar-refractivity contribution in [2.45, 2.75) is 25.0 Å². The molecule has 124 valence electrons. The van der Waals surface area contributed by atoms with Gasteiger partial charge in [-0.15, -0.1) is 11.3 Å². The van der Waals surface area contributed by atoms with Gasteiger partial charge in [-0.3, -0.25) is 4.90 Å². The van der Waals surface area contributed by atoms with Crippen LogP contribution in [0.4, 0.5) is 0 Å². The lowest BCUT2D eigenvalue weighted by atomic mass is 10.1. The van der Waals surface area contributed by atoms with E-state index in [-0.39, 0.29) is 11.8 Å². The van der Waals surface area contributed by atoms with Crippen LogP contribution in [-0.4, -0.2) is 45.6 Å². The first-order valence-electron chi connectivity index (χ1n) is 8.30. The highest BCUT2D eigenvalue weighted by atomic mass is 32.1. The molecule has 2 aliphatic rings. The average Bonchev–Trinajstić information content (AvgIpc) is 3.31. The number of rotatable bonds is 2. The molecule has 0 spiro atoms. The molecule has 0 aliphatic carbocycles. The number of hydrogen-bond donors (Lipinski definition) is 2. The Morgan fingerprint density at radius 2 is 2.21 bits per heavy atom. The molecule has 2 unspecified atom stereocenters. The Morgan fingerprint density at radius 1 is 1.29 bits per heavy atom. The summed E-state index contributed by atoms with van der Waals surface area (Å²) >= 11 is 1.65. The van der Waals surface area contributed by atoms with Gasteiger partial charge in [-0.25, -0.2) is 9.78 Å². The number of aromatic nitrogens is 3. The third kappa shape index (κ3) is 2.40. The number of fused-ring (bicyclic) bond motifs is 2. The van der Waals surface area contributed by atoms with Crippen molar-refractivity contribution in [3.8, 4) is 11.3 Å². The lowest BCUT2D eigenvalue weighted by Crippen LogP contribution is -2.42. The Hall–Kier alpha value is -1.96. The summed E-state index contributed by atoms with van der Waals surface area (Å²) in [6.07, 6.45) is 2.61. The second kappa shape index (κ2) is 5.54. The van der Waals surface area contributed by atoms with Crippen molar-refractivity contribution < 1.29 is 4.74 Å². The van der Waals surface area contributed by atoms with Crippen molar-refractivity contribution in [2.75, 3.05) is 19.7 Å². The number of nitrogens with zero attached hydrogens (tertiary/aromatic N) is 2. The van der Waals surface area contributed by atoms with E-state index in [0.29, 0.717) is 6.04 Å². The molecule has 5 rings (SSSR count). The summed E-state index contributed by atoms with van der Waals surface area (Å²) in [5.74, 6) is 0. The van der Waals surface area contributed by atoms with E-state index in [1.807, 2.05) is 18.2 Å². The zero-order valence-corrected chi connectivity index (χ0v) is 13.9. The summed E-state index contributed by atoms with van der Waals surface area (Å²) in [5.41, 5.74) is 3.38. The van der Waals surface area contributed by atoms with Crippen LogP contribution in [0.3, 0.4) is 0 Å². The molecule has 2 saturated heterocycles. The standard InChI is InChI=1S/C17H18N4O2S/c22-17-19-12-4-3-10(6-13(12)20-17)14-9-24-16(18-14)15-7-21-5-1-2-11(21)8-23-15/h3-4,6,9,11,15H,1-2,5,7-8H2,(H2,19,20,22). The molecule has 2 N–H and O–H groups in total. The van der Waals surface area contributed by atoms with Gasteiger partial charge in [-0.1, -0.05) is 6.07 Å². The number of benzene rings is 1. The van der Waals surface area contributed by atoms with Crippen molar-refractivity contribution in [3.63, 3.8) is 0 Å². The zero-order chi connectivity index (χ0) is 16.1. The van der Waals surface area contributed by atoms with Gasteiger partial charge in [0, 0.05) is 23.5 Å². The Bertz CT molecular complexity index is 943. The van der Waals surface area contributed by atoms with Crippen LogP contribution in [0.15, 0.2) is 28.4 Å². The highest BCUT2D eigenvalue weighted by Crippen LogP contribution is 2.33. The molecule has 4 heterocycles. The lowest BCUT2D eigenvalue weighted by molar-refractivity contribution is -0.0502. The van der Waals surface area contributed by atoms with Crippen molar-refractivity contribution >= 4 is 22.4 Å². The number of ether oxygens (including phenoxy) is 1. The molecular formula is C17H18N4O2S. The quantitative estimate of drug-likeness (QED) is 0.750. The van der Waals surface area contributed by atoms with Crippen molar-refractivity contribution in [2.24, 2.45) is 0 Å². The van der Waals surface area contributed by atoms with E-state index in [4.69, 9.17) is 9.72 Å². The number of aromatic amines is 2. The highest BCUT2D eigenvalue weighted by Gasteiger charge is 2.34. The van der Waals surface area contributed by atoms with Crippen LogP contribution in [0.2, 0.25) is 0 Å². The van der Waals surface area contributed by atoms with Gasteiger partial charge in [0.1, 0.15) is 11.1 Å². The molecule has 1 aromatic carbocycles. The van der Waals surface area contributed by atoms with Gasteiger partial charge in [-0.2, -0.15) is 0 Å². The second-order valence-corrected chi connectivity index (χ2v) is 7.41. The van der Waals surface area contributed by atoms with Crippen molar-refractivity contribution in [3.05, 3.63) is 39.1 Å². The minimum Gasteiger partial charge on any atom is -0.368 e. The third-order valence-electron chi connectivity index (χ3n) is 5.00. The second-order valence-electron chi connectivity index (χ2n) is 6.52. The number of thiazole rings is 1. The molecule has 7 heteroatoms. The Balaban J connectivity index is 1.42. The number of morpholine rings is 1. The molecule has 0 bridgehead atoms. The molecule has 0 saturated carbocycles. The van der Waals surface area contributed by atoms with Gasteiger partial charge in [0.05, 0.1) is 23.3 Å². The molecule has 2 aliphatic heterocycles. The maximum atomic E-state index is 11.4. The molecular weight excluding hydrogens is 324 g/mol. The van der Waals surface area contributed by atoms with Gasteiger partial charge >= 0.3 is 5.69 Å². The molecule has 3 aromatic rings. The average molecular weight is 342 g/mol. The van der Waals surface area contributed by atoms with E-state index in [1.165, 1.54) is 19.4 Å². The van der Waals surface area contributed by atoms with Crippen LogP contribution in [0.25, 0.3) is 22.3 Å². The van der Waals surface area contributed by atoms with Crippen molar-refractivity contribution in [1.82, 2.24) is 19.9 Å². The summed E-state index contributed by atoms with van der Waals surface area (Å²) < 4.78 is 6.05. The zero-order valence-electron chi connectivity index (χ0n) is 13.1. The van der Waals surface area contributed by atoms with Crippen molar-refractivity contribution in [1.29, 1.82) is 0 Å². The fourth-order valence-electron chi connectivity index (χ4n) is 3.73. The first-order chi connectivity index (χ1) is 11.8. The van der Waals surface area contributed by atoms with Gasteiger partial charge in [-0.05, 0) is 31.5 Å². The first kappa shape index (κ1) is 14.4. The molecule has 2 fully saturated rings. The summed E-state index contributed by atoms with van der Waals surface area (Å²) in [5, 5.41) is 3.11. The summed E-state index contributed by atoms with van der Waals surface area (Å²) in [7, 11) is 0. The molecule has 0 radical (unpaired) electrons. The summed E-state index contributed by atoms with van der Waals surface area (Å²) in [6, 6.07) is 6.47. The Labute approximate surface area is 142 Å². The smallest absolute Gasteiger partial charge is 0.323 e. The van der Waals surface area contributed by atoms with Crippen LogP contribution in [0.1, 0.15) is 24.0 Å². The third-order valence-corrected chi connectivity index (χ3v) is 5.94. The fraction of sp³-hybridized carbons (Fsp3) is 0.412. The summed E-state index contributed by atoms with van der Waals surface area (Å²) in [4.78, 5) is 24.3. The van der Waals surface area contributed by atoms with E-state index in [1.54, 1.807) is 11.3 Å². The van der Waals surface area contributed by atoms with E-state index >= 15 is 0 Å². The number of H-pyrrole nitrogens is 2. The van der Waals surface area contributed by atoms with Crippen LogP contribution >= 0.6 is 11.3 Å². The van der Waals surface area contributed by atoms with Gasteiger partial charge in [0.25, 0.3) is 0 Å². The monoisotopic (exact) mass is 342 g/mol. The van der Waals surface area contributed by atoms with Crippen LogP contribution in [0, 0.1) is 0 Å². The van der Waals surface area contributed by atoms with Gasteiger partial charge < -0.3 is 14.7 Å². The number of nitrogens with one attached hydrogen (secondary N) is 2. The number of hydrogen-bond acceptors (Lipinski definition) is 5. The Kier molecular flexibility index (Phi) is 3.32. The van der Waals surface area contributed by atoms with E-state index in [2.05, 4.69) is 20.2 Å². The first-order valence-corrected chi connectivity index (χ1v) is 9.18. The van der Waals surface area contributed by atoms with E-state index in [0.717, 1.165) is 40.5 Å². The molecule has 6 nitrogen and oxygen atoms in total. The highest BCUT2D eigenvalue weighted by molar-refractivity contribution is 7.10. The van der Waals surface area contributed by atoms with E-state index < -0.39 is 0 Å². The SMILES string of the molecule is O=c1[nH]c2ccc(-c3csc(C4CN5CCCC5CO4)n3)cc2[nH]1. The Morgan fingerprint density at radius 3 is 3.17 bits per heavy atom. The van der Waals surface area contributed by atoms with Crippen LogP contribution in [-0.2, 0) is 4.74 Å². The number of imidazole rings is 1. The van der Waals surface area contributed by atoms with Crippen LogP contribution < -0.4 is 5.69 Å². The minimum absolute atomic E-state index is 0.0777. The largest absolute Gasteiger partial charge is 0.368 e. The minimum atomic E-state index is -0.183. The molecule has 2 atom stereocenters. The molecule has 2 aromatic heterocycles.